The number of hydrogen-bond donors (Lipinski definition) is 0. The molecule has 364 valence electrons. The molecule has 0 aliphatic rings. The smallest absolute Gasteiger partial charge is 0.306 e. The fourth-order valence-electron chi connectivity index (χ4n) is 6.88. The number of nitrogens with zero attached hydrogens (tertiary/aromatic N) is 1. The third-order valence-electron chi connectivity index (χ3n) is 10.7. The Kier molecular flexibility index (Phi) is 43.1. The van der Waals surface area contributed by atoms with E-state index < -0.39 is 18.1 Å². The Hall–Kier alpha value is -3.75. The number of allylic oxidation sites excluding steroid dienone is 16. The molecule has 0 amide bonds. The Balaban J connectivity index is 4.32. The Morgan fingerprint density at radius 2 is 0.828 bits per heavy atom. The van der Waals surface area contributed by atoms with Gasteiger partial charge in [-0.25, -0.2) is 0 Å². The maximum atomic E-state index is 12.8. The first kappa shape index (κ1) is 60.2. The largest absolute Gasteiger partial charge is 0.544 e. The molecule has 8 nitrogen and oxygen atoms in total. The van der Waals surface area contributed by atoms with Crippen molar-refractivity contribution >= 4 is 17.9 Å². The van der Waals surface area contributed by atoms with E-state index in [2.05, 4.69) is 111 Å². The molecule has 8 heteroatoms. The summed E-state index contributed by atoms with van der Waals surface area (Å²) in [5, 5.41) is 11.7. The molecule has 0 heterocycles. The second kappa shape index (κ2) is 45.8. The van der Waals surface area contributed by atoms with Gasteiger partial charge < -0.3 is 28.6 Å². The number of quaternary nitrogens is 1. The maximum Gasteiger partial charge on any atom is 0.306 e. The number of unbranched alkanes of at least 4 members (excludes halogenated alkanes) is 14. The van der Waals surface area contributed by atoms with Crippen LogP contribution in [0.15, 0.2) is 97.2 Å². The van der Waals surface area contributed by atoms with Gasteiger partial charge >= 0.3 is 11.9 Å². The minimum atomic E-state index is -1.13. The van der Waals surface area contributed by atoms with E-state index >= 15 is 0 Å². The first-order chi connectivity index (χ1) is 31.1. The first-order valence-corrected chi connectivity index (χ1v) is 25.3. The van der Waals surface area contributed by atoms with E-state index in [1.165, 1.54) is 38.5 Å². The molecule has 0 aromatic heterocycles. The molecule has 0 saturated heterocycles. The highest BCUT2D eigenvalue weighted by Gasteiger charge is 2.25. The molecule has 0 aromatic carbocycles. The van der Waals surface area contributed by atoms with Gasteiger partial charge in [0, 0.05) is 19.3 Å². The topological polar surface area (TPSA) is 102 Å². The van der Waals surface area contributed by atoms with Gasteiger partial charge in [0.25, 0.3) is 0 Å². The van der Waals surface area contributed by atoms with Crippen LogP contribution in [0.3, 0.4) is 0 Å². The summed E-state index contributed by atoms with van der Waals surface area (Å²) in [4.78, 5) is 37.0. The highest BCUT2D eigenvalue weighted by atomic mass is 16.6. The number of hydrogen-bond acceptors (Lipinski definition) is 7. The third-order valence-corrected chi connectivity index (χ3v) is 10.7. The van der Waals surface area contributed by atoms with Crippen molar-refractivity contribution in [1.29, 1.82) is 0 Å². The molecule has 2 atom stereocenters. The standard InChI is InChI=1S/C56H93NO7/c1-6-8-10-12-14-16-18-20-22-24-26-27-29-31-33-35-37-39-41-43-45-47-55(59)64-52(50-62-49-48-53(56(60)61)57(3,4)5)51-63-54(58)46-44-42-40-38-36-34-32-30-28-25-23-21-19-17-15-13-11-9-7-2/h8-11,14-17,20-23,26-28,30,52-53H,6-7,12-13,18-19,24-25,29,31-51H2,1-5H3/b10-8-,11-9-,16-14-,17-15-,22-20-,23-21-,27-26-,30-28-. The van der Waals surface area contributed by atoms with E-state index in [9.17, 15) is 19.5 Å². The fourth-order valence-corrected chi connectivity index (χ4v) is 6.88. The van der Waals surface area contributed by atoms with Gasteiger partial charge in [-0.15, -0.1) is 0 Å². The van der Waals surface area contributed by atoms with Gasteiger partial charge in [-0.2, -0.15) is 0 Å². The van der Waals surface area contributed by atoms with Crippen LogP contribution in [-0.4, -0.2) is 75.5 Å². The Morgan fingerprint density at radius 1 is 0.469 bits per heavy atom. The summed E-state index contributed by atoms with van der Waals surface area (Å²) in [6.45, 7) is 4.41. The molecule has 64 heavy (non-hydrogen) atoms. The van der Waals surface area contributed by atoms with Crippen LogP contribution in [-0.2, 0) is 28.6 Å². The van der Waals surface area contributed by atoms with E-state index in [0.29, 0.717) is 12.8 Å². The van der Waals surface area contributed by atoms with Crippen LogP contribution in [0.1, 0.15) is 187 Å². The van der Waals surface area contributed by atoms with Crippen molar-refractivity contribution in [3.05, 3.63) is 97.2 Å². The normalized spacial score (nSPS) is 13.7. The number of esters is 2. The Labute approximate surface area is 392 Å². The number of rotatable bonds is 44. The highest BCUT2D eigenvalue weighted by molar-refractivity contribution is 5.70. The number of ether oxygens (including phenoxy) is 3. The average Bonchev–Trinajstić information content (AvgIpc) is 3.26. The van der Waals surface area contributed by atoms with Crippen molar-refractivity contribution in [1.82, 2.24) is 0 Å². The molecule has 0 aromatic rings. The van der Waals surface area contributed by atoms with Gasteiger partial charge in [-0.3, -0.25) is 9.59 Å². The first-order valence-electron chi connectivity index (χ1n) is 25.3. The van der Waals surface area contributed by atoms with Crippen LogP contribution in [0.5, 0.6) is 0 Å². The van der Waals surface area contributed by atoms with Gasteiger partial charge in [-0.1, -0.05) is 175 Å². The maximum absolute atomic E-state index is 12.8. The van der Waals surface area contributed by atoms with Gasteiger partial charge in [0.15, 0.2) is 6.10 Å². The van der Waals surface area contributed by atoms with Gasteiger partial charge in [-0.05, 0) is 89.9 Å². The molecule has 0 spiro atoms. The molecule has 0 saturated carbocycles. The molecule has 0 aliphatic carbocycles. The third kappa shape index (κ3) is 43.5. The second-order valence-electron chi connectivity index (χ2n) is 17.6. The van der Waals surface area contributed by atoms with Crippen molar-refractivity contribution in [3.8, 4) is 0 Å². The molecule has 0 radical (unpaired) electrons. The van der Waals surface area contributed by atoms with Crippen molar-refractivity contribution in [2.24, 2.45) is 0 Å². The summed E-state index contributed by atoms with van der Waals surface area (Å²) in [5.41, 5.74) is 0. The van der Waals surface area contributed by atoms with Gasteiger partial charge in [0.05, 0.1) is 40.3 Å². The summed E-state index contributed by atoms with van der Waals surface area (Å²) in [6.07, 6.45) is 61.4. The zero-order valence-corrected chi connectivity index (χ0v) is 41.4. The molecule has 0 aliphatic heterocycles. The molecule has 0 rings (SSSR count). The Bertz CT molecular complexity index is 1360. The number of carboxylic acids is 1. The summed E-state index contributed by atoms with van der Waals surface area (Å²) >= 11 is 0. The summed E-state index contributed by atoms with van der Waals surface area (Å²) in [6, 6.07) is -0.736. The monoisotopic (exact) mass is 892 g/mol. The van der Waals surface area contributed by atoms with E-state index in [0.717, 1.165) is 116 Å². The zero-order valence-electron chi connectivity index (χ0n) is 41.4. The quantitative estimate of drug-likeness (QED) is 0.0260. The molecular formula is C56H93NO7. The number of aliphatic carboxylic acids is 1. The van der Waals surface area contributed by atoms with Crippen molar-refractivity contribution in [2.75, 3.05) is 41.0 Å². The zero-order chi connectivity index (χ0) is 47.0. The van der Waals surface area contributed by atoms with E-state index in [4.69, 9.17) is 14.2 Å². The van der Waals surface area contributed by atoms with Crippen LogP contribution < -0.4 is 5.11 Å². The van der Waals surface area contributed by atoms with Crippen molar-refractivity contribution in [3.63, 3.8) is 0 Å². The highest BCUT2D eigenvalue weighted by Crippen LogP contribution is 2.14. The minimum absolute atomic E-state index is 0.0269. The number of carbonyl (C=O) groups is 3. The average molecular weight is 892 g/mol. The minimum Gasteiger partial charge on any atom is -0.544 e. The summed E-state index contributed by atoms with van der Waals surface area (Å²) in [5.74, 6) is -1.77. The van der Waals surface area contributed by atoms with E-state index in [-0.39, 0.29) is 42.7 Å². The fraction of sp³-hybridized carbons (Fsp3) is 0.661. The van der Waals surface area contributed by atoms with E-state index in [1.807, 2.05) is 0 Å². The lowest BCUT2D eigenvalue weighted by Crippen LogP contribution is -2.55. The lowest BCUT2D eigenvalue weighted by Gasteiger charge is -2.34. The van der Waals surface area contributed by atoms with Crippen LogP contribution in [0, 0.1) is 0 Å². The number of likely N-dealkylation sites (N-methyl/N-ethyl adjacent to an activating group) is 1. The summed E-state index contributed by atoms with van der Waals surface area (Å²) in [7, 11) is 5.40. The van der Waals surface area contributed by atoms with Gasteiger partial charge in [0.1, 0.15) is 12.6 Å². The predicted molar refractivity (Wildman–Crippen MR) is 268 cm³/mol. The molecular weight excluding hydrogens is 799 g/mol. The SMILES string of the molecule is CC/C=C\C/C=C\C/C=C\C/C=C\CCCCCCCCCCC(=O)OC(COCCC(C(=O)[O-])[N+](C)(C)C)COC(=O)CCCCCCCC/C=C\C/C=C\C/C=C\C/C=C\CC. The van der Waals surface area contributed by atoms with Crippen LogP contribution in [0.2, 0.25) is 0 Å². The Morgan fingerprint density at radius 3 is 1.22 bits per heavy atom. The number of carboxylic acid groups (broad SMARTS) is 1. The van der Waals surface area contributed by atoms with Crippen LogP contribution >= 0.6 is 0 Å². The molecule has 0 fully saturated rings. The van der Waals surface area contributed by atoms with Crippen LogP contribution in [0.25, 0.3) is 0 Å². The lowest BCUT2D eigenvalue weighted by atomic mass is 10.1. The molecule has 0 bridgehead atoms. The molecule has 0 N–H and O–H groups in total. The predicted octanol–water partition coefficient (Wildman–Crippen LogP) is 13.3. The van der Waals surface area contributed by atoms with E-state index in [1.54, 1.807) is 21.1 Å². The van der Waals surface area contributed by atoms with Gasteiger partial charge in [0.2, 0.25) is 0 Å². The summed E-state index contributed by atoms with van der Waals surface area (Å²) < 4.78 is 17.2. The molecule has 2 unspecified atom stereocenters. The second-order valence-corrected chi connectivity index (χ2v) is 17.6. The van der Waals surface area contributed by atoms with Crippen LogP contribution in [0.4, 0.5) is 0 Å². The van der Waals surface area contributed by atoms with Crippen molar-refractivity contribution in [2.45, 2.75) is 199 Å². The number of carbonyl (C=O) groups excluding carboxylic acids is 3. The lowest BCUT2D eigenvalue weighted by molar-refractivity contribution is -0.889. The van der Waals surface area contributed by atoms with Crippen molar-refractivity contribution < 1.29 is 38.2 Å².